The number of nitrogens with zero attached hydrogens (tertiary/aromatic N) is 3. The molecule has 0 saturated heterocycles. The van der Waals surface area contributed by atoms with E-state index >= 15 is 0 Å². The molecule has 36 heavy (non-hydrogen) atoms. The molecule has 4 rings (SSSR count). The van der Waals surface area contributed by atoms with E-state index in [-0.39, 0.29) is 35.8 Å². The van der Waals surface area contributed by atoms with Gasteiger partial charge in [0.05, 0.1) is 5.39 Å². The first-order valence-electron chi connectivity index (χ1n) is 11.4. The molecule has 0 saturated carbocycles. The van der Waals surface area contributed by atoms with E-state index in [1.165, 1.54) is 25.7 Å². The molecule has 8 nitrogen and oxygen atoms in total. The van der Waals surface area contributed by atoms with Crippen molar-refractivity contribution in [3.05, 3.63) is 67.1 Å². The summed E-state index contributed by atoms with van der Waals surface area (Å²) in [5.41, 5.74) is 14.8. The number of aryl methyl sites for hydroxylation is 1. The number of aromatic nitrogens is 3. The maximum absolute atomic E-state index is 6.26. The van der Waals surface area contributed by atoms with Gasteiger partial charge in [-0.15, -0.1) is 24.8 Å². The molecule has 198 valence electrons. The second-order valence-electron chi connectivity index (χ2n) is 8.04. The largest absolute Gasteiger partial charge is 0.457 e. The molecule has 10 heteroatoms. The summed E-state index contributed by atoms with van der Waals surface area (Å²) in [6.45, 7) is 1.71. The summed E-state index contributed by atoms with van der Waals surface area (Å²) >= 11 is 0. The summed E-state index contributed by atoms with van der Waals surface area (Å²) in [7, 11) is 0. The van der Waals surface area contributed by atoms with Crippen molar-refractivity contribution in [1.82, 2.24) is 14.5 Å². The van der Waals surface area contributed by atoms with Gasteiger partial charge in [0.2, 0.25) is 0 Å². The number of para-hydroxylation sites is 1. The lowest BCUT2D eigenvalue weighted by Crippen LogP contribution is -2.00. The van der Waals surface area contributed by atoms with Crippen LogP contribution in [-0.4, -0.2) is 32.0 Å². The zero-order chi connectivity index (χ0) is 22.2. The Morgan fingerprint density at radius 3 is 2.03 bits per heavy atom. The standard InChI is InChI=1S/C26H31N5O.2ClH.2H2O/c27-16-8-3-1-2-4-9-17-31-18-23(24-25(28)29-19-30-26(24)31)20-12-14-22(15-13-20)32-21-10-6-5-7-11-21;;;;/h5-7,10-15,18-19H,1-4,8-9,16-17,27H2,(H2,28,29,30);2*1H;2*1H2. The van der Waals surface area contributed by atoms with Crippen LogP contribution < -0.4 is 16.2 Å². The quantitative estimate of drug-likeness (QED) is 0.258. The van der Waals surface area contributed by atoms with E-state index < -0.39 is 0 Å². The summed E-state index contributed by atoms with van der Waals surface area (Å²) in [5, 5.41) is 0.909. The van der Waals surface area contributed by atoms with Crippen LogP contribution in [0.3, 0.4) is 0 Å². The number of rotatable bonds is 11. The molecule has 0 unspecified atom stereocenters. The third-order valence-electron chi connectivity index (χ3n) is 5.68. The average molecular weight is 539 g/mol. The summed E-state index contributed by atoms with van der Waals surface area (Å²) in [4.78, 5) is 8.77. The molecule has 2 aromatic carbocycles. The van der Waals surface area contributed by atoms with Crippen molar-refractivity contribution < 1.29 is 15.7 Å². The normalized spacial score (nSPS) is 9.92. The van der Waals surface area contributed by atoms with E-state index in [1.54, 1.807) is 6.33 Å². The number of nitrogens with two attached hydrogens (primary N) is 2. The molecule has 0 spiro atoms. The second-order valence-corrected chi connectivity index (χ2v) is 8.04. The zero-order valence-electron chi connectivity index (χ0n) is 20.2. The number of nitrogen functional groups attached to an aromatic ring is 1. The van der Waals surface area contributed by atoms with Crippen LogP contribution >= 0.6 is 24.8 Å². The Bertz CT molecular complexity index is 1140. The van der Waals surface area contributed by atoms with Gasteiger partial charge in [0.15, 0.2) is 0 Å². The zero-order valence-corrected chi connectivity index (χ0v) is 21.9. The fraction of sp³-hybridized carbons (Fsp3) is 0.308. The van der Waals surface area contributed by atoms with Gasteiger partial charge in [-0.05, 0) is 49.2 Å². The van der Waals surface area contributed by atoms with E-state index in [4.69, 9.17) is 16.2 Å². The molecular formula is C26H37Cl2N5O3. The molecule has 2 heterocycles. The number of hydrogen-bond acceptors (Lipinski definition) is 5. The molecule has 8 N–H and O–H groups in total. The van der Waals surface area contributed by atoms with E-state index in [2.05, 4.69) is 32.9 Å². The monoisotopic (exact) mass is 537 g/mol. The lowest BCUT2D eigenvalue weighted by Gasteiger charge is -2.06. The van der Waals surface area contributed by atoms with E-state index in [0.29, 0.717) is 5.82 Å². The smallest absolute Gasteiger partial charge is 0.146 e. The van der Waals surface area contributed by atoms with Gasteiger partial charge in [-0.25, -0.2) is 9.97 Å². The molecular weight excluding hydrogens is 501 g/mol. The van der Waals surface area contributed by atoms with Gasteiger partial charge in [0.25, 0.3) is 0 Å². The Kier molecular flexibility index (Phi) is 15.4. The summed E-state index contributed by atoms with van der Waals surface area (Å²) in [5.74, 6) is 2.12. The lowest BCUT2D eigenvalue weighted by molar-refractivity contribution is 0.483. The Morgan fingerprint density at radius 1 is 0.750 bits per heavy atom. The van der Waals surface area contributed by atoms with Gasteiger partial charge < -0.3 is 31.7 Å². The predicted octanol–water partition coefficient (Wildman–Crippen LogP) is 4.97. The third kappa shape index (κ3) is 8.36. The molecule has 0 amide bonds. The number of hydrogen-bond donors (Lipinski definition) is 2. The van der Waals surface area contributed by atoms with Crippen LogP contribution in [0.5, 0.6) is 11.5 Å². The van der Waals surface area contributed by atoms with E-state index in [1.807, 2.05) is 42.5 Å². The first kappa shape index (κ1) is 33.1. The molecule has 0 radical (unpaired) electrons. The van der Waals surface area contributed by atoms with Crippen LogP contribution in [0, 0.1) is 0 Å². The van der Waals surface area contributed by atoms with Crippen molar-refractivity contribution in [3.63, 3.8) is 0 Å². The number of ether oxygens (including phenoxy) is 1. The molecule has 0 aliphatic carbocycles. The van der Waals surface area contributed by atoms with Crippen molar-refractivity contribution in [3.8, 4) is 22.6 Å². The summed E-state index contributed by atoms with van der Waals surface area (Å²) < 4.78 is 8.13. The molecule has 4 aromatic rings. The van der Waals surface area contributed by atoms with Crippen molar-refractivity contribution in [2.24, 2.45) is 5.73 Å². The van der Waals surface area contributed by atoms with Crippen LogP contribution in [0.4, 0.5) is 5.82 Å². The van der Waals surface area contributed by atoms with Crippen molar-refractivity contribution in [1.29, 1.82) is 0 Å². The number of halogens is 2. The van der Waals surface area contributed by atoms with Gasteiger partial charge >= 0.3 is 0 Å². The van der Waals surface area contributed by atoms with Gasteiger partial charge in [-0.3, -0.25) is 0 Å². The molecule has 0 bridgehead atoms. The molecule has 0 aliphatic heterocycles. The Balaban J connectivity index is 0.00000306. The lowest BCUT2D eigenvalue weighted by atomic mass is 10.1. The Hall–Kier alpha value is -2.88. The summed E-state index contributed by atoms with van der Waals surface area (Å²) in [6, 6.07) is 17.8. The highest BCUT2D eigenvalue weighted by Crippen LogP contribution is 2.34. The van der Waals surface area contributed by atoms with Crippen molar-refractivity contribution in [2.75, 3.05) is 12.3 Å². The van der Waals surface area contributed by atoms with Crippen LogP contribution in [-0.2, 0) is 6.54 Å². The highest BCUT2D eigenvalue weighted by atomic mass is 35.5. The molecule has 0 atom stereocenters. The van der Waals surface area contributed by atoms with Crippen LogP contribution in [0.2, 0.25) is 0 Å². The minimum atomic E-state index is 0. The van der Waals surface area contributed by atoms with E-state index in [9.17, 15) is 0 Å². The first-order valence-corrected chi connectivity index (χ1v) is 11.4. The van der Waals surface area contributed by atoms with Gasteiger partial charge in [-0.2, -0.15) is 0 Å². The molecule has 0 fully saturated rings. The van der Waals surface area contributed by atoms with Gasteiger partial charge in [0.1, 0.15) is 29.3 Å². The average Bonchev–Trinajstić information content (AvgIpc) is 3.20. The van der Waals surface area contributed by atoms with Crippen molar-refractivity contribution >= 4 is 41.7 Å². The molecule has 2 aromatic heterocycles. The number of unbranched alkanes of at least 4 members (excludes halogenated alkanes) is 5. The van der Waals surface area contributed by atoms with Gasteiger partial charge in [0, 0.05) is 18.3 Å². The minimum absolute atomic E-state index is 0. The Morgan fingerprint density at radius 2 is 1.36 bits per heavy atom. The van der Waals surface area contributed by atoms with E-state index in [0.717, 1.165) is 59.6 Å². The first-order chi connectivity index (χ1) is 15.8. The topological polar surface area (TPSA) is 155 Å². The third-order valence-corrected chi connectivity index (χ3v) is 5.68. The van der Waals surface area contributed by atoms with Gasteiger partial charge in [-0.1, -0.05) is 56.0 Å². The van der Waals surface area contributed by atoms with Crippen LogP contribution in [0.25, 0.3) is 22.2 Å². The number of benzene rings is 2. The fourth-order valence-corrected chi connectivity index (χ4v) is 4.00. The van der Waals surface area contributed by atoms with Crippen LogP contribution in [0.15, 0.2) is 67.1 Å². The van der Waals surface area contributed by atoms with Crippen LogP contribution in [0.1, 0.15) is 38.5 Å². The Labute approximate surface area is 224 Å². The SMILES string of the molecule is Cl.Cl.NCCCCCCCCn1cc(-c2ccc(Oc3ccccc3)cc2)c2c(N)ncnc21.O.O. The number of fused-ring (bicyclic) bond motifs is 1. The second kappa shape index (κ2) is 16.7. The summed E-state index contributed by atoms with van der Waals surface area (Å²) in [6.07, 6.45) is 10.8. The predicted molar refractivity (Wildman–Crippen MR) is 152 cm³/mol. The maximum atomic E-state index is 6.26. The fourth-order valence-electron chi connectivity index (χ4n) is 4.00. The number of anilines is 1. The molecule has 0 aliphatic rings. The highest BCUT2D eigenvalue weighted by Gasteiger charge is 2.15. The maximum Gasteiger partial charge on any atom is 0.146 e. The minimum Gasteiger partial charge on any atom is -0.457 e. The highest BCUT2D eigenvalue weighted by molar-refractivity contribution is 6.00. The van der Waals surface area contributed by atoms with Crippen molar-refractivity contribution in [2.45, 2.75) is 45.1 Å².